The molecule has 0 aromatic heterocycles. The Morgan fingerprint density at radius 2 is 2.08 bits per heavy atom. The fourth-order valence-corrected chi connectivity index (χ4v) is 1.94. The minimum absolute atomic E-state index is 0.194. The van der Waals surface area contributed by atoms with Gasteiger partial charge in [-0.15, -0.1) is 0 Å². The summed E-state index contributed by atoms with van der Waals surface area (Å²) in [5, 5.41) is 0. The van der Waals surface area contributed by atoms with Crippen molar-refractivity contribution in [1.82, 2.24) is 0 Å². The van der Waals surface area contributed by atoms with Gasteiger partial charge in [-0.3, -0.25) is 0 Å². The van der Waals surface area contributed by atoms with Crippen molar-refractivity contribution < 1.29 is 4.39 Å². The van der Waals surface area contributed by atoms with Crippen molar-refractivity contribution in [3.05, 3.63) is 34.1 Å². The zero-order chi connectivity index (χ0) is 10.1. The molecule has 0 aliphatic carbocycles. The monoisotopic (exact) mass is 245 g/mol. The highest BCUT2D eigenvalue weighted by atomic mass is 79.9. The van der Waals surface area contributed by atoms with Crippen molar-refractivity contribution in [1.29, 1.82) is 0 Å². The summed E-state index contributed by atoms with van der Waals surface area (Å²) in [6.45, 7) is 4.48. The Hall–Kier alpha value is -0.410. The van der Waals surface area contributed by atoms with Crippen LogP contribution in [0.3, 0.4) is 0 Å². The van der Waals surface area contributed by atoms with E-state index < -0.39 is 0 Å². The Morgan fingerprint density at radius 3 is 2.62 bits per heavy atom. The molecule has 72 valence electrons. The minimum Gasteiger partial charge on any atom is -0.330 e. The number of rotatable bonds is 2. The highest BCUT2D eigenvalue weighted by Crippen LogP contribution is 2.30. The Kier molecular flexibility index (Phi) is 3.09. The lowest BCUT2D eigenvalue weighted by Gasteiger charge is -2.24. The van der Waals surface area contributed by atoms with E-state index >= 15 is 0 Å². The van der Waals surface area contributed by atoms with Gasteiger partial charge in [0.25, 0.3) is 0 Å². The van der Waals surface area contributed by atoms with Crippen molar-refractivity contribution in [3.63, 3.8) is 0 Å². The van der Waals surface area contributed by atoms with E-state index in [1.54, 1.807) is 6.07 Å². The molecule has 0 heterocycles. The van der Waals surface area contributed by atoms with Gasteiger partial charge in [-0.25, -0.2) is 4.39 Å². The van der Waals surface area contributed by atoms with E-state index in [4.69, 9.17) is 5.73 Å². The lowest BCUT2D eigenvalue weighted by atomic mass is 9.85. The predicted molar refractivity (Wildman–Crippen MR) is 56.2 cm³/mol. The summed E-state index contributed by atoms with van der Waals surface area (Å²) in [6.07, 6.45) is 0. The average molecular weight is 246 g/mol. The molecule has 1 rings (SSSR count). The Labute approximate surface area is 86.3 Å². The van der Waals surface area contributed by atoms with Crippen molar-refractivity contribution in [2.24, 2.45) is 5.73 Å². The van der Waals surface area contributed by atoms with Crippen LogP contribution < -0.4 is 5.73 Å². The smallest absolute Gasteiger partial charge is 0.137 e. The average Bonchev–Trinajstić information content (AvgIpc) is 2.09. The highest BCUT2D eigenvalue weighted by molar-refractivity contribution is 9.10. The maximum Gasteiger partial charge on any atom is 0.137 e. The first kappa shape index (κ1) is 10.7. The third-order valence-corrected chi connectivity index (χ3v) is 3.00. The summed E-state index contributed by atoms with van der Waals surface area (Å²) < 4.78 is 13.7. The van der Waals surface area contributed by atoms with E-state index in [-0.39, 0.29) is 11.2 Å². The van der Waals surface area contributed by atoms with E-state index in [0.717, 1.165) is 5.56 Å². The third-order valence-electron chi connectivity index (χ3n) is 2.19. The molecule has 0 aliphatic heterocycles. The molecule has 0 atom stereocenters. The number of halogens is 2. The standard InChI is InChI=1S/C10H13BrFN/c1-10(2,6-13)7-4-3-5-8(12)9(7)11/h3-5H,6,13H2,1-2H3. The quantitative estimate of drug-likeness (QED) is 0.853. The molecular weight excluding hydrogens is 233 g/mol. The molecule has 3 heteroatoms. The van der Waals surface area contributed by atoms with E-state index in [0.29, 0.717) is 11.0 Å². The van der Waals surface area contributed by atoms with Gasteiger partial charge >= 0.3 is 0 Å². The van der Waals surface area contributed by atoms with Crippen LogP contribution in [0.15, 0.2) is 22.7 Å². The molecule has 1 nitrogen and oxygen atoms in total. The van der Waals surface area contributed by atoms with Crippen molar-refractivity contribution in [3.8, 4) is 0 Å². The molecule has 0 unspecified atom stereocenters. The second-order valence-electron chi connectivity index (χ2n) is 3.69. The van der Waals surface area contributed by atoms with E-state index in [1.807, 2.05) is 19.9 Å². The van der Waals surface area contributed by atoms with Gasteiger partial charge in [0, 0.05) is 12.0 Å². The minimum atomic E-state index is -0.237. The van der Waals surface area contributed by atoms with Crippen molar-refractivity contribution in [2.45, 2.75) is 19.3 Å². The molecule has 0 spiro atoms. The first-order chi connectivity index (χ1) is 5.99. The van der Waals surface area contributed by atoms with Gasteiger partial charge in [0.1, 0.15) is 5.82 Å². The molecule has 0 saturated carbocycles. The molecule has 0 fully saturated rings. The number of hydrogen-bond donors (Lipinski definition) is 1. The molecular formula is C10H13BrFN. The summed E-state index contributed by atoms with van der Waals surface area (Å²) in [4.78, 5) is 0. The fourth-order valence-electron chi connectivity index (χ4n) is 1.14. The van der Waals surface area contributed by atoms with Crippen LogP contribution in [-0.2, 0) is 5.41 Å². The number of nitrogens with two attached hydrogens (primary N) is 1. The maximum absolute atomic E-state index is 13.2. The van der Waals surface area contributed by atoms with Gasteiger partial charge in [-0.2, -0.15) is 0 Å². The lowest BCUT2D eigenvalue weighted by Crippen LogP contribution is -2.28. The van der Waals surface area contributed by atoms with E-state index in [9.17, 15) is 4.39 Å². The number of benzene rings is 1. The van der Waals surface area contributed by atoms with Crippen LogP contribution in [-0.4, -0.2) is 6.54 Å². The molecule has 0 amide bonds. The summed E-state index contributed by atoms with van der Waals surface area (Å²) in [5.74, 6) is -0.237. The van der Waals surface area contributed by atoms with Crippen molar-refractivity contribution >= 4 is 15.9 Å². The Morgan fingerprint density at radius 1 is 1.46 bits per heavy atom. The third kappa shape index (κ3) is 2.09. The first-order valence-electron chi connectivity index (χ1n) is 4.13. The van der Waals surface area contributed by atoms with Crippen LogP contribution in [0.25, 0.3) is 0 Å². The Bertz CT molecular complexity index is 310. The van der Waals surface area contributed by atoms with Crippen LogP contribution in [0, 0.1) is 5.82 Å². The van der Waals surface area contributed by atoms with Gasteiger partial charge in [0.2, 0.25) is 0 Å². The van der Waals surface area contributed by atoms with E-state index in [2.05, 4.69) is 15.9 Å². The molecule has 0 saturated heterocycles. The molecule has 0 bridgehead atoms. The number of hydrogen-bond acceptors (Lipinski definition) is 1. The summed E-state index contributed by atoms with van der Waals surface area (Å²) in [6, 6.07) is 5.02. The van der Waals surface area contributed by atoms with Crippen LogP contribution in [0.1, 0.15) is 19.4 Å². The molecule has 13 heavy (non-hydrogen) atoms. The SMILES string of the molecule is CC(C)(CN)c1cccc(F)c1Br. The van der Waals surface area contributed by atoms with Crippen LogP contribution in [0.2, 0.25) is 0 Å². The topological polar surface area (TPSA) is 26.0 Å². The largest absolute Gasteiger partial charge is 0.330 e. The van der Waals surface area contributed by atoms with Crippen LogP contribution >= 0.6 is 15.9 Å². The van der Waals surface area contributed by atoms with Crippen molar-refractivity contribution in [2.75, 3.05) is 6.54 Å². The normalized spacial score (nSPS) is 11.8. The predicted octanol–water partition coefficient (Wildman–Crippen LogP) is 2.82. The zero-order valence-corrected chi connectivity index (χ0v) is 9.36. The van der Waals surface area contributed by atoms with Gasteiger partial charge < -0.3 is 5.73 Å². The Balaban J connectivity index is 3.22. The molecule has 2 N–H and O–H groups in total. The summed E-state index contributed by atoms with van der Waals surface area (Å²) in [7, 11) is 0. The second kappa shape index (κ2) is 3.76. The molecule has 0 radical (unpaired) electrons. The zero-order valence-electron chi connectivity index (χ0n) is 7.77. The maximum atomic E-state index is 13.2. The second-order valence-corrected chi connectivity index (χ2v) is 4.48. The van der Waals surface area contributed by atoms with Gasteiger partial charge in [-0.1, -0.05) is 26.0 Å². The lowest BCUT2D eigenvalue weighted by molar-refractivity contribution is 0.526. The van der Waals surface area contributed by atoms with E-state index in [1.165, 1.54) is 6.07 Å². The molecule has 1 aromatic carbocycles. The highest BCUT2D eigenvalue weighted by Gasteiger charge is 2.22. The molecule has 1 aromatic rings. The summed E-state index contributed by atoms with van der Waals surface area (Å²) >= 11 is 3.23. The van der Waals surface area contributed by atoms with Gasteiger partial charge in [-0.05, 0) is 27.6 Å². The fraction of sp³-hybridized carbons (Fsp3) is 0.400. The van der Waals surface area contributed by atoms with Gasteiger partial charge in [0.05, 0.1) is 4.47 Å². The van der Waals surface area contributed by atoms with Crippen LogP contribution in [0.4, 0.5) is 4.39 Å². The summed E-state index contributed by atoms with van der Waals surface area (Å²) in [5.41, 5.74) is 6.33. The van der Waals surface area contributed by atoms with Gasteiger partial charge in [0.15, 0.2) is 0 Å². The van der Waals surface area contributed by atoms with Crippen LogP contribution in [0.5, 0.6) is 0 Å². The first-order valence-corrected chi connectivity index (χ1v) is 4.93. The molecule has 0 aliphatic rings.